The molecule has 0 unspecified atom stereocenters. The quantitative estimate of drug-likeness (QED) is 0.747. The van der Waals surface area contributed by atoms with Crippen LogP contribution in [0.2, 0.25) is 0 Å². The summed E-state index contributed by atoms with van der Waals surface area (Å²) >= 11 is 1.53. The molecule has 0 radical (unpaired) electrons. The summed E-state index contributed by atoms with van der Waals surface area (Å²) in [5, 5.41) is 6.57. The second kappa shape index (κ2) is 9.23. The Morgan fingerprint density at radius 2 is 1.88 bits per heavy atom. The van der Waals surface area contributed by atoms with Gasteiger partial charge in [0.05, 0.1) is 6.42 Å². The lowest BCUT2D eigenvalue weighted by atomic mass is 10.0. The lowest BCUT2D eigenvalue weighted by molar-refractivity contribution is -0.147. The van der Waals surface area contributed by atoms with Crippen molar-refractivity contribution in [1.82, 2.24) is 5.32 Å². The van der Waals surface area contributed by atoms with Crippen LogP contribution in [0.1, 0.15) is 36.5 Å². The number of amides is 1. The average Bonchev–Trinajstić information content (AvgIpc) is 3.06. The minimum Gasteiger partial charge on any atom is -0.455 e. The highest BCUT2D eigenvalue weighted by molar-refractivity contribution is 7.07. The molecular weight excluding hydrogens is 322 g/mol. The summed E-state index contributed by atoms with van der Waals surface area (Å²) in [6.45, 7) is 4.63. The average molecular weight is 345 g/mol. The van der Waals surface area contributed by atoms with Gasteiger partial charge in [0.1, 0.15) is 0 Å². The highest BCUT2D eigenvalue weighted by atomic mass is 32.1. The van der Waals surface area contributed by atoms with Crippen molar-refractivity contribution in [2.75, 3.05) is 13.2 Å². The third-order valence-electron chi connectivity index (χ3n) is 3.68. The van der Waals surface area contributed by atoms with Gasteiger partial charge in [-0.3, -0.25) is 9.59 Å². The van der Waals surface area contributed by atoms with E-state index in [9.17, 15) is 9.59 Å². The molecule has 2 rings (SSSR count). The van der Waals surface area contributed by atoms with E-state index in [1.807, 2.05) is 16.8 Å². The summed E-state index contributed by atoms with van der Waals surface area (Å²) in [5.74, 6) is -0.136. The fourth-order valence-corrected chi connectivity index (χ4v) is 2.89. The molecule has 1 heterocycles. The van der Waals surface area contributed by atoms with Gasteiger partial charge in [-0.05, 0) is 45.9 Å². The molecule has 0 aliphatic carbocycles. The molecule has 2 aromatic rings. The van der Waals surface area contributed by atoms with Gasteiger partial charge < -0.3 is 10.1 Å². The number of hydrogen-bond acceptors (Lipinski definition) is 4. The number of benzene rings is 1. The molecule has 128 valence electrons. The summed E-state index contributed by atoms with van der Waals surface area (Å²) in [6.07, 6.45) is 0.964. The van der Waals surface area contributed by atoms with E-state index in [-0.39, 0.29) is 24.9 Å². The summed E-state index contributed by atoms with van der Waals surface area (Å²) in [7, 11) is 0. The molecule has 0 spiro atoms. The van der Waals surface area contributed by atoms with E-state index < -0.39 is 0 Å². The van der Waals surface area contributed by atoms with Crippen molar-refractivity contribution in [1.29, 1.82) is 0 Å². The van der Waals surface area contributed by atoms with Crippen molar-refractivity contribution < 1.29 is 14.3 Å². The molecule has 0 bridgehead atoms. The lowest BCUT2D eigenvalue weighted by Crippen LogP contribution is -2.30. The zero-order valence-corrected chi connectivity index (χ0v) is 14.9. The van der Waals surface area contributed by atoms with E-state index in [1.165, 1.54) is 22.5 Å². The van der Waals surface area contributed by atoms with Crippen LogP contribution in [0.25, 0.3) is 0 Å². The summed E-state index contributed by atoms with van der Waals surface area (Å²) in [5.41, 5.74) is 3.39. The van der Waals surface area contributed by atoms with Gasteiger partial charge in [-0.15, -0.1) is 0 Å². The van der Waals surface area contributed by atoms with Gasteiger partial charge in [0.25, 0.3) is 5.91 Å². The first-order valence-corrected chi connectivity index (χ1v) is 9.01. The van der Waals surface area contributed by atoms with Gasteiger partial charge in [0.2, 0.25) is 0 Å². The van der Waals surface area contributed by atoms with Crippen LogP contribution >= 0.6 is 11.3 Å². The third-order valence-corrected chi connectivity index (χ3v) is 4.41. The standard InChI is InChI=1S/C19H23NO3S/c1-14(2)17-5-3-15(4-6-17)7-9-20-18(21)12-23-19(22)11-16-8-10-24-13-16/h3-6,8,10,13-14H,7,9,11-12H2,1-2H3,(H,20,21). The number of nitrogens with one attached hydrogen (secondary N) is 1. The topological polar surface area (TPSA) is 55.4 Å². The molecule has 0 atom stereocenters. The number of thiophene rings is 1. The lowest BCUT2D eigenvalue weighted by Gasteiger charge is -2.08. The third kappa shape index (κ3) is 6.16. The molecule has 0 aliphatic rings. The number of hydrogen-bond donors (Lipinski definition) is 1. The SMILES string of the molecule is CC(C)c1ccc(CCNC(=O)COC(=O)Cc2ccsc2)cc1. The first-order valence-electron chi connectivity index (χ1n) is 8.07. The molecule has 0 saturated carbocycles. The highest BCUT2D eigenvalue weighted by Crippen LogP contribution is 2.14. The normalized spacial score (nSPS) is 10.6. The molecule has 24 heavy (non-hydrogen) atoms. The molecule has 5 heteroatoms. The molecule has 1 aromatic heterocycles. The monoisotopic (exact) mass is 345 g/mol. The Balaban J connectivity index is 1.63. The predicted octanol–water partition coefficient (Wildman–Crippen LogP) is 3.32. The van der Waals surface area contributed by atoms with Crippen LogP contribution in [-0.4, -0.2) is 25.0 Å². The largest absolute Gasteiger partial charge is 0.455 e. The van der Waals surface area contributed by atoms with E-state index in [0.717, 1.165) is 12.0 Å². The molecule has 1 aromatic carbocycles. The maximum absolute atomic E-state index is 11.7. The Bertz CT molecular complexity index is 648. The smallest absolute Gasteiger partial charge is 0.310 e. The van der Waals surface area contributed by atoms with Gasteiger partial charge in [0, 0.05) is 6.54 Å². The van der Waals surface area contributed by atoms with Gasteiger partial charge >= 0.3 is 5.97 Å². The van der Waals surface area contributed by atoms with Crippen molar-refractivity contribution >= 4 is 23.2 Å². The van der Waals surface area contributed by atoms with E-state index in [4.69, 9.17) is 4.74 Å². The molecule has 0 aliphatic heterocycles. The van der Waals surface area contributed by atoms with Crippen molar-refractivity contribution in [2.45, 2.75) is 32.6 Å². The highest BCUT2D eigenvalue weighted by Gasteiger charge is 2.08. The summed E-state index contributed by atoms with van der Waals surface area (Å²) in [6, 6.07) is 10.3. The van der Waals surface area contributed by atoms with E-state index in [0.29, 0.717) is 12.5 Å². The van der Waals surface area contributed by atoms with Crippen LogP contribution in [0, 0.1) is 0 Å². The van der Waals surface area contributed by atoms with Crippen LogP contribution in [0.3, 0.4) is 0 Å². The first kappa shape index (κ1) is 18.2. The Kier molecular flexibility index (Phi) is 7.00. The maximum atomic E-state index is 11.7. The predicted molar refractivity (Wildman–Crippen MR) is 96.2 cm³/mol. The Morgan fingerprint density at radius 3 is 2.50 bits per heavy atom. The van der Waals surface area contributed by atoms with E-state index in [1.54, 1.807) is 0 Å². The van der Waals surface area contributed by atoms with Gasteiger partial charge in [-0.1, -0.05) is 38.1 Å². The van der Waals surface area contributed by atoms with Crippen LogP contribution in [0.4, 0.5) is 0 Å². The van der Waals surface area contributed by atoms with Crippen molar-refractivity contribution in [3.8, 4) is 0 Å². The van der Waals surface area contributed by atoms with Crippen molar-refractivity contribution in [3.05, 3.63) is 57.8 Å². The minimum absolute atomic E-state index is 0.207. The van der Waals surface area contributed by atoms with Crippen LogP contribution in [-0.2, 0) is 27.2 Å². The van der Waals surface area contributed by atoms with Gasteiger partial charge in [-0.25, -0.2) is 0 Å². The molecule has 1 N–H and O–H groups in total. The zero-order chi connectivity index (χ0) is 17.4. The second-order valence-corrected chi connectivity index (χ2v) is 6.75. The Hall–Kier alpha value is -2.14. The zero-order valence-electron chi connectivity index (χ0n) is 14.1. The van der Waals surface area contributed by atoms with E-state index in [2.05, 4.69) is 43.4 Å². The molecular formula is C19H23NO3S. The fourth-order valence-electron chi connectivity index (χ4n) is 2.22. The molecule has 4 nitrogen and oxygen atoms in total. The van der Waals surface area contributed by atoms with Crippen molar-refractivity contribution in [3.63, 3.8) is 0 Å². The summed E-state index contributed by atoms with van der Waals surface area (Å²) in [4.78, 5) is 23.3. The summed E-state index contributed by atoms with van der Waals surface area (Å²) < 4.78 is 4.98. The van der Waals surface area contributed by atoms with Crippen molar-refractivity contribution in [2.24, 2.45) is 0 Å². The number of esters is 1. The number of ether oxygens (including phenoxy) is 1. The Labute approximate surface area is 146 Å². The van der Waals surface area contributed by atoms with Gasteiger partial charge in [-0.2, -0.15) is 11.3 Å². The fraction of sp³-hybridized carbons (Fsp3) is 0.368. The number of carbonyl (C=O) groups excluding carboxylic acids is 2. The van der Waals surface area contributed by atoms with Crippen LogP contribution < -0.4 is 5.32 Å². The van der Waals surface area contributed by atoms with Crippen LogP contribution in [0.15, 0.2) is 41.1 Å². The molecule has 0 saturated heterocycles. The van der Waals surface area contributed by atoms with E-state index >= 15 is 0 Å². The molecule has 1 amide bonds. The maximum Gasteiger partial charge on any atom is 0.310 e. The number of rotatable bonds is 8. The minimum atomic E-state index is -0.382. The second-order valence-electron chi connectivity index (χ2n) is 5.97. The van der Waals surface area contributed by atoms with Crippen LogP contribution in [0.5, 0.6) is 0 Å². The number of carbonyl (C=O) groups is 2. The van der Waals surface area contributed by atoms with Gasteiger partial charge in [0.15, 0.2) is 6.61 Å². The Morgan fingerprint density at radius 1 is 1.12 bits per heavy atom. The molecule has 0 fully saturated rings. The first-order chi connectivity index (χ1) is 11.5.